The van der Waals surface area contributed by atoms with Gasteiger partial charge in [-0.2, -0.15) is 4.98 Å². The lowest BCUT2D eigenvalue weighted by Crippen LogP contribution is -2.14. The fraction of sp³-hybridized carbons (Fsp3) is 0.444. The van der Waals surface area contributed by atoms with E-state index in [4.69, 9.17) is 4.42 Å². The fourth-order valence-electron chi connectivity index (χ4n) is 1.33. The highest BCUT2D eigenvalue weighted by Gasteiger charge is 2.11. The summed E-state index contributed by atoms with van der Waals surface area (Å²) in [5.74, 6) is 0. The van der Waals surface area contributed by atoms with Crippen LogP contribution in [0, 0.1) is 6.92 Å². The maximum absolute atomic E-state index is 5.18. The van der Waals surface area contributed by atoms with Gasteiger partial charge >= 0.3 is 0 Å². The van der Waals surface area contributed by atoms with Gasteiger partial charge in [-0.05, 0) is 19.8 Å². The van der Waals surface area contributed by atoms with Gasteiger partial charge in [-0.3, -0.25) is 0 Å². The molecule has 0 aliphatic heterocycles. The zero-order valence-corrected chi connectivity index (χ0v) is 7.08. The first-order valence-corrected chi connectivity index (χ1v) is 4.18. The van der Waals surface area contributed by atoms with Gasteiger partial charge in [0, 0.05) is 6.04 Å². The van der Waals surface area contributed by atoms with Crippen LogP contribution in [0.3, 0.4) is 0 Å². The van der Waals surface area contributed by atoms with Crippen molar-refractivity contribution in [3.63, 3.8) is 0 Å². The van der Waals surface area contributed by atoms with Gasteiger partial charge in [0.15, 0.2) is 0 Å². The van der Waals surface area contributed by atoms with Crippen molar-refractivity contribution in [2.24, 2.45) is 0 Å². The smallest absolute Gasteiger partial charge is 0.294 e. The molecule has 1 aliphatic rings. The van der Waals surface area contributed by atoms with E-state index in [2.05, 4.69) is 22.5 Å². The Morgan fingerprint density at radius 2 is 2.25 bits per heavy atom. The zero-order chi connectivity index (χ0) is 8.39. The fourth-order valence-corrected chi connectivity index (χ4v) is 1.33. The van der Waals surface area contributed by atoms with Crippen LogP contribution in [0.1, 0.15) is 18.5 Å². The van der Waals surface area contributed by atoms with E-state index in [1.165, 1.54) is 0 Å². The van der Waals surface area contributed by atoms with E-state index in [9.17, 15) is 0 Å². The van der Waals surface area contributed by atoms with Crippen LogP contribution < -0.4 is 5.32 Å². The van der Waals surface area contributed by atoms with Crippen LogP contribution in [0.15, 0.2) is 22.8 Å². The summed E-state index contributed by atoms with van der Waals surface area (Å²) in [6, 6.07) is 1.12. The van der Waals surface area contributed by atoms with Gasteiger partial charge in [-0.1, -0.05) is 12.2 Å². The molecule has 0 radical (unpaired) electrons. The maximum Gasteiger partial charge on any atom is 0.294 e. The van der Waals surface area contributed by atoms with Crippen LogP contribution in [0.5, 0.6) is 0 Å². The molecular formula is C9H12N2O. The molecule has 64 valence electrons. The molecule has 0 spiro atoms. The van der Waals surface area contributed by atoms with Crippen molar-refractivity contribution in [3.8, 4) is 0 Å². The number of hydrogen-bond acceptors (Lipinski definition) is 3. The Morgan fingerprint density at radius 1 is 1.50 bits per heavy atom. The Hall–Kier alpha value is -1.25. The number of rotatable bonds is 2. The second-order valence-electron chi connectivity index (χ2n) is 3.08. The number of aryl methyl sites for hydroxylation is 1. The van der Waals surface area contributed by atoms with E-state index in [0.29, 0.717) is 12.1 Å². The molecule has 0 fully saturated rings. The van der Waals surface area contributed by atoms with Crippen LogP contribution in [0.2, 0.25) is 0 Å². The molecule has 1 heterocycles. The lowest BCUT2D eigenvalue weighted by Gasteiger charge is -2.08. The number of aromatic nitrogens is 1. The summed E-state index contributed by atoms with van der Waals surface area (Å²) in [6.45, 7) is 1.92. The molecule has 0 aromatic carbocycles. The van der Waals surface area contributed by atoms with Crippen molar-refractivity contribution in [2.45, 2.75) is 25.8 Å². The van der Waals surface area contributed by atoms with Crippen LogP contribution in [-0.4, -0.2) is 11.0 Å². The minimum atomic E-state index is 0.475. The standard InChI is InChI=1S/C9H12N2O/c1-7-6-12-9(10-7)11-8-4-2-3-5-8/h2-3,6,8H,4-5H2,1H3,(H,10,11). The second kappa shape index (κ2) is 3.01. The average Bonchev–Trinajstić information content (AvgIpc) is 2.63. The van der Waals surface area contributed by atoms with Crippen LogP contribution in [-0.2, 0) is 0 Å². The van der Waals surface area contributed by atoms with Gasteiger partial charge in [-0.25, -0.2) is 0 Å². The first-order valence-electron chi connectivity index (χ1n) is 4.18. The third-order valence-electron chi connectivity index (χ3n) is 1.95. The topological polar surface area (TPSA) is 38.1 Å². The summed E-state index contributed by atoms with van der Waals surface area (Å²) in [6.07, 6.45) is 8.15. The van der Waals surface area contributed by atoms with E-state index >= 15 is 0 Å². The van der Waals surface area contributed by atoms with E-state index in [-0.39, 0.29) is 0 Å². The van der Waals surface area contributed by atoms with Gasteiger partial charge < -0.3 is 9.73 Å². The van der Waals surface area contributed by atoms with Crippen molar-refractivity contribution in [1.82, 2.24) is 4.98 Å². The highest BCUT2D eigenvalue weighted by atomic mass is 16.4. The summed E-state index contributed by atoms with van der Waals surface area (Å²) in [5.41, 5.74) is 0.920. The minimum Gasteiger partial charge on any atom is -0.432 e. The predicted molar refractivity (Wildman–Crippen MR) is 47.0 cm³/mol. The minimum absolute atomic E-state index is 0.475. The Morgan fingerprint density at radius 3 is 2.83 bits per heavy atom. The molecule has 0 unspecified atom stereocenters. The average molecular weight is 164 g/mol. The highest BCUT2D eigenvalue weighted by molar-refractivity contribution is 5.24. The first kappa shape index (κ1) is 7.40. The number of nitrogens with zero attached hydrogens (tertiary/aromatic N) is 1. The van der Waals surface area contributed by atoms with Crippen LogP contribution in [0.4, 0.5) is 6.01 Å². The molecule has 1 aromatic heterocycles. The molecule has 3 heteroatoms. The molecule has 0 bridgehead atoms. The first-order chi connectivity index (χ1) is 5.84. The van der Waals surface area contributed by atoms with Crippen molar-refractivity contribution in [1.29, 1.82) is 0 Å². The Labute approximate surface area is 71.5 Å². The molecule has 1 aromatic rings. The van der Waals surface area contributed by atoms with Gasteiger partial charge in [-0.15, -0.1) is 0 Å². The maximum atomic E-state index is 5.18. The third-order valence-corrected chi connectivity index (χ3v) is 1.95. The lowest BCUT2D eigenvalue weighted by atomic mass is 10.2. The number of oxazole rings is 1. The Bertz CT molecular complexity index is 282. The SMILES string of the molecule is Cc1coc(NC2CC=CC2)n1. The molecule has 0 atom stereocenters. The molecule has 0 saturated heterocycles. The molecule has 0 amide bonds. The van der Waals surface area contributed by atoms with Crippen molar-refractivity contribution in [3.05, 3.63) is 24.1 Å². The van der Waals surface area contributed by atoms with Gasteiger partial charge in [0.25, 0.3) is 6.01 Å². The third kappa shape index (κ3) is 1.49. The summed E-state index contributed by atoms with van der Waals surface area (Å²) >= 11 is 0. The Balaban J connectivity index is 1.95. The van der Waals surface area contributed by atoms with Gasteiger partial charge in [0.2, 0.25) is 0 Å². The summed E-state index contributed by atoms with van der Waals surface area (Å²) < 4.78 is 5.18. The summed E-state index contributed by atoms with van der Waals surface area (Å²) in [7, 11) is 0. The lowest BCUT2D eigenvalue weighted by molar-refractivity contribution is 0.558. The van der Waals surface area contributed by atoms with Crippen LogP contribution in [0.25, 0.3) is 0 Å². The highest BCUT2D eigenvalue weighted by Crippen LogP contribution is 2.15. The molecule has 0 saturated carbocycles. The van der Waals surface area contributed by atoms with Crippen molar-refractivity contribution in [2.75, 3.05) is 5.32 Å². The molecule has 1 aliphatic carbocycles. The second-order valence-corrected chi connectivity index (χ2v) is 3.08. The largest absolute Gasteiger partial charge is 0.432 e. The summed E-state index contributed by atoms with van der Waals surface area (Å²) in [4.78, 5) is 4.17. The summed E-state index contributed by atoms with van der Waals surface area (Å²) in [5, 5.41) is 3.22. The van der Waals surface area contributed by atoms with Gasteiger partial charge in [0.05, 0.1) is 5.69 Å². The van der Waals surface area contributed by atoms with Crippen LogP contribution >= 0.6 is 0 Å². The monoisotopic (exact) mass is 164 g/mol. The quantitative estimate of drug-likeness (QED) is 0.680. The molecule has 12 heavy (non-hydrogen) atoms. The number of nitrogens with one attached hydrogen (secondary N) is 1. The zero-order valence-electron chi connectivity index (χ0n) is 7.08. The number of anilines is 1. The van der Waals surface area contributed by atoms with E-state index in [1.54, 1.807) is 6.26 Å². The molecule has 3 nitrogen and oxygen atoms in total. The molecular weight excluding hydrogens is 152 g/mol. The molecule has 2 rings (SSSR count). The predicted octanol–water partition coefficient (Wildman–Crippen LogP) is 2.11. The van der Waals surface area contributed by atoms with Crippen molar-refractivity contribution >= 4 is 6.01 Å². The van der Waals surface area contributed by atoms with E-state index < -0.39 is 0 Å². The number of hydrogen-bond donors (Lipinski definition) is 1. The Kier molecular flexibility index (Phi) is 1.86. The van der Waals surface area contributed by atoms with E-state index in [1.807, 2.05) is 6.92 Å². The molecule has 1 N–H and O–H groups in total. The van der Waals surface area contributed by atoms with E-state index in [0.717, 1.165) is 18.5 Å². The van der Waals surface area contributed by atoms with Gasteiger partial charge in [0.1, 0.15) is 6.26 Å². The normalized spacial score (nSPS) is 17.1. The van der Waals surface area contributed by atoms with Crippen molar-refractivity contribution < 1.29 is 4.42 Å².